The molecule has 1 aromatic carbocycles. The van der Waals surface area contributed by atoms with Crippen LogP contribution < -0.4 is 15.4 Å². The minimum Gasteiger partial charge on any atom is -0.504 e. The first-order chi connectivity index (χ1) is 11.1. The molecule has 5 nitrogen and oxygen atoms in total. The van der Waals surface area contributed by atoms with Crippen molar-refractivity contribution in [1.29, 1.82) is 0 Å². The number of ether oxygens (including phenoxy) is 1. The van der Waals surface area contributed by atoms with Crippen LogP contribution in [0.25, 0.3) is 0 Å². The van der Waals surface area contributed by atoms with Gasteiger partial charge in [0.05, 0.1) is 13.7 Å². The Kier molecular flexibility index (Phi) is 9.25. The lowest BCUT2D eigenvalue weighted by Gasteiger charge is -2.28. The fourth-order valence-electron chi connectivity index (χ4n) is 3.08. The van der Waals surface area contributed by atoms with E-state index in [1.165, 1.54) is 25.7 Å². The van der Waals surface area contributed by atoms with Crippen LogP contribution in [0.15, 0.2) is 23.2 Å². The average Bonchev–Trinajstić information content (AvgIpc) is 2.53. The number of phenolic OH excluding ortho intramolecular Hbond substituents is 1. The Bertz CT molecular complexity index is 537. The van der Waals surface area contributed by atoms with Gasteiger partial charge in [-0.3, -0.25) is 0 Å². The molecule has 2 rings (SSSR count). The normalized spacial score (nSPS) is 20.9. The Morgan fingerprint density at radius 2 is 2.17 bits per heavy atom. The highest BCUT2D eigenvalue weighted by molar-refractivity contribution is 14.0. The van der Waals surface area contributed by atoms with Crippen molar-refractivity contribution in [3.8, 4) is 11.5 Å². The van der Waals surface area contributed by atoms with Gasteiger partial charge in [-0.15, -0.1) is 24.0 Å². The summed E-state index contributed by atoms with van der Waals surface area (Å²) < 4.78 is 5.06. The largest absolute Gasteiger partial charge is 0.504 e. The third-order valence-corrected chi connectivity index (χ3v) is 4.28. The van der Waals surface area contributed by atoms with Crippen LogP contribution in [0.2, 0.25) is 0 Å². The number of guanidine groups is 1. The molecule has 6 heteroatoms. The maximum absolute atomic E-state index is 9.85. The molecule has 1 aliphatic rings. The summed E-state index contributed by atoms with van der Waals surface area (Å²) in [4.78, 5) is 4.64. The van der Waals surface area contributed by atoms with Gasteiger partial charge < -0.3 is 20.5 Å². The van der Waals surface area contributed by atoms with E-state index < -0.39 is 0 Å². The highest BCUT2D eigenvalue weighted by Gasteiger charge is 2.19. The van der Waals surface area contributed by atoms with Crippen LogP contribution in [0.4, 0.5) is 0 Å². The number of benzene rings is 1. The van der Waals surface area contributed by atoms with E-state index in [-0.39, 0.29) is 29.7 Å². The van der Waals surface area contributed by atoms with Crippen molar-refractivity contribution in [2.75, 3.05) is 13.7 Å². The number of phenols is 1. The number of halogens is 1. The summed E-state index contributed by atoms with van der Waals surface area (Å²) in [6.07, 6.45) is 5.02. The lowest BCUT2D eigenvalue weighted by molar-refractivity contribution is 0.324. The van der Waals surface area contributed by atoms with Crippen LogP contribution in [0, 0.1) is 5.92 Å². The van der Waals surface area contributed by atoms with E-state index in [4.69, 9.17) is 4.74 Å². The van der Waals surface area contributed by atoms with Crippen molar-refractivity contribution < 1.29 is 9.84 Å². The Morgan fingerprint density at radius 3 is 2.79 bits per heavy atom. The second-order valence-electron chi connectivity index (χ2n) is 6.31. The predicted octanol–water partition coefficient (Wildman–Crippen LogP) is 3.65. The Morgan fingerprint density at radius 1 is 1.38 bits per heavy atom. The first-order valence-corrected chi connectivity index (χ1v) is 8.53. The summed E-state index contributed by atoms with van der Waals surface area (Å²) in [5.41, 5.74) is 0.956. The third kappa shape index (κ3) is 6.37. The molecule has 0 aromatic heterocycles. The lowest BCUT2D eigenvalue weighted by Crippen LogP contribution is -2.45. The molecule has 2 unspecified atom stereocenters. The van der Waals surface area contributed by atoms with Gasteiger partial charge in [0.2, 0.25) is 0 Å². The fourth-order valence-corrected chi connectivity index (χ4v) is 3.08. The number of hydrogen-bond donors (Lipinski definition) is 3. The topological polar surface area (TPSA) is 65.9 Å². The second-order valence-corrected chi connectivity index (χ2v) is 6.31. The molecule has 24 heavy (non-hydrogen) atoms. The maximum Gasteiger partial charge on any atom is 0.191 e. The molecule has 1 fully saturated rings. The second kappa shape index (κ2) is 10.6. The highest BCUT2D eigenvalue weighted by atomic mass is 127. The Labute approximate surface area is 162 Å². The number of rotatable bonds is 5. The molecule has 2 atom stereocenters. The molecule has 0 aliphatic heterocycles. The van der Waals surface area contributed by atoms with E-state index in [0.29, 0.717) is 18.3 Å². The monoisotopic (exact) mass is 447 g/mol. The third-order valence-electron chi connectivity index (χ3n) is 4.28. The van der Waals surface area contributed by atoms with Gasteiger partial charge in [-0.1, -0.05) is 25.8 Å². The highest BCUT2D eigenvalue weighted by Crippen LogP contribution is 2.26. The van der Waals surface area contributed by atoms with Gasteiger partial charge in [-0.05, 0) is 43.4 Å². The lowest BCUT2D eigenvalue weighted by atomic mass is 9.87. The summed E-state index contributed by atoms with van der Waals surface area (Å²) in [5.74, 6) is 2.27. The van der Waals surface area contributed by atoms with Crippen molar-refractivity contribution in [2.45, 2.75) is 52.1 Å². The molecule has 0 amide bonds. The van der Waals surface area contributed by atoms with Crippen molar-refractivity contribution in [2.24, 2.45) is 10.9 Å². The van der Waals surface area contributed by atoms with Gasteiger partial charge >= 0.3 is 0 Å². The Balaban J connectivity index is 0.00000288. The van der Waals surface area contributed by atoms with Gasteiger partial charge in [0.1, 0.15) is 0 Å². The first-order valence-electron chi connectivity index (χ1n) is 8.53. The smallest absolute Gasteiger partial charge is 0.191 e. The average molecular weight is 447 g/mol. The van der Waals surface area contributed by atoms with Crippen LogP contribution in [-0.2, 0) is 6.54 Å². The predicted molar refractivity (Wildman–Crippen MR) is 109 cm³/mol. The molecular weight excluding hydrogens is 417 g/mol. The number of methoxy groups -OCH3 is 1. The number of aromatic hydroxyl groups is 1. The van der Waals surface area contributed by atoms with E-state index in [9.17, 15) is 5.11 Å². The van der Waals surface area contributed by atoms with E-state index in [1.54, 1.807) is 19.2 Å². The molecule has 0 radical (unpaired) electrons. The quantitative estimate of drug-likeness (QED) is 0.366. The summed E-state index contributed by atoms with van der Waals surface area (Å²) in [6, 6.07) is 5.90. The van der Waals surface area contributed by atoms with Crippen LogP contribution >= 0.6 is 24.0 Å². The number of aliphatic imine (C=N–C) groups is 1. The Hall–Kier alpha value is -1.18. The maximum atomic E-state index is 9.85. The molecule has 0 saturated heterocycles. The van der Waals surface area contributed by atoms with Crippen molar-refractivity contribution in [3.05, 3.63) is 23.8 Å². The molecule has 0 spiro atoms. The van der Waals surface area contributed by atoms with Crippen molar-refractivity contribution in [3.63, 3.8) is 0 Å². The molecule has 0 heterocycles. The summed E-state index contributed by atoms with van der Waals surface area (Å²) >= 11 is 0. The molecule has 1 saturated carbocycles. The molecule has 1 aromatic rings. The fraction of sp³-hybridized carbons (Fsp3) is 0.611. The number of nitrogens with zero attached hydrogens (tertiary/aromatic N) is 1. The standard InChI is InChI=1S/C18H29N3O2.HI/c1-4-19-18(21-15-7-5-6-13(2)10-15)20-12-14-8-9-17(23-3)16(22)11-14;/h8-9,11,13,15,22H,4-7,10,12H2,1-3H3,(H2,19,20,21);1H. The van der Waals surface area contributed by atoms with Crippen molar-refractivity contribution >= 4 is 29.9 Å². The molecular formula is C18H30IN3O2. The summed E-state index contributed by atoms with van der Waals surface area (Å²) in [7, 11) is 1.55. The van der Waals surface area contributed by atoms with Crippen molar-refractivity contribution in [1.82, 2.24) is 10.6 Å². The zero-order chi connectivity index (χ0) is 16.7. The van der Waals surface area contributed by atoms with Crippen LogP contribution in [0.1, 0.15) is 45.1 Å². The summed E-state index contributed by atoms with van der Waals surface area (Å²) in [5, 5.41) is 16.7. The zero-order valence-electron chi connectivity index (χ0n) is 14.8. The molecule has 0 bridgehead atoms. The van der Waals surface area contributed by atoms with Crippen LogP contribution in [0.3, 0.4) is 0 Å². The van der Waals surface area contributed by atoms with Gasteiger partial charge in [0.15, 0.2) is 17.5 Å². The van der Waals surface area contributed by atoms with Crippen LogP contribution in [-0.4, -0.2) is 30.8 Å². The summed E-state index contributed by atoms with van der Waals surface area (Å²) in [6.45, 7) is 5.75. The van der Waals surface area contributed by atoms with E-state index >= 15 is 0 Å². The van der Waals surface area contributed by atoms with Gasteiger partial charge in [-0.2, -0.15) is 0 Å². The SMILES string of the molecule is CCNC(=NCc1ccc(OC)c(O)c1)NC1CCCC(C)C1.I. The van der Waals surface area contributed by atoms with Gasteiger partial charge in [-0.25, -0.2) is 4.99 Å². The molecule has 136 valence electrons. The molecule has 1 aliphatic carbocycles. The van der Waals surface area contributed by atoms with Crippen LogP contribution in [0.5, 0.6) is 11.5 Å². The molecule has 3 N–H and O–H groups in total. The first kappa shape index (κ1) is 20.9. The zero-order valence-corrected chi connectivity index (χ0v) is 17.2. The van der Waals surface area contributed by atoms with E-state index in [0.717, 1.165) is 24.0 Å². The van der Waals surface area contributed by atoms with Gasteiger partial charge in [0, 0.05) is 12.6 Å². The minimum atomic E-state index is 0. The number of hydrogen-bond acceptors (Lipinski definition) is 3. The number of nitrogens with one attached hydrogen (secondary N) is 2. The van der Waals surface area contributed by atoms with E-state index in [2.05, 4.69) is 29.5 Å². The van der Waals surface area contributed by atoms with Gasteiger partial charge in [0.25, 0.3) is 0 Å². The van der Waals surface area contributed by atoms with E-state index in [1.807, 2.05) is 6.07 Å². The minimum absolute atomic E-state index is 0.